The maximum atomic E-state index is 3.78. The molecule has 0 aliphatic heterocycles. The van der Waals surface area contributed by atoms with E-state index in [1.54, 1.807) is 0 Å². The van der Waals surface area contributed by atoms with Gasteiger partial charge >= 0.3 is 0 Å². The summed E-state index contributed by atoms with van der Waals surface area (Å²) in [4.78, 5) is 0. The molecule has 0 saturated heterocycles. The van der Waals surface area contributed by atoms with Crippen molar-refractivity contribution in [3.63, 3.8) is 0 Å². The van der Waals surface area contributed by atoms with Gasteiger partial charge in [-0.05, 0) is 0 Å². The molecule has 0 aromatic heterocycles. The van der Waals surface area contributed by atoms with Crippen LogP contribution in [0.3, 0.4) is 0 Å². The second-order valence-electron chi connectivity index (χ2n) is 0. The molecule has 2 radical (unpaired) electrons. The van der Waals surface area contributed by atoms with Crippen molar-refractivity contribution in [3.8, 4) is 0 Å². The second kappa shape index (κ2) is 42.3. The van der Waals surface area contributed by atoms with Gasteiger partial charge in [-0.25, -0.2) is 0 Å². The van der Waals surface area contributed by atoms with Gasteiger partial charge in [0.15, 0.2) is 0 Å². The Morgan fingerprint density at radius 3 is 0.833 bits per heavy atom. The summed E-state index contributed by atoms with van der Waals surface area (Å²) >= 11 is 6.89. The fourth-order valence-electron chi connectivity index (χ4n) is 0. The van der Waals surface area contributed by atoms with Crippen molar-refractivity contribution in [2.45, 2.75) is 0 Å². The molecular weight excluding hydrogens is 383 g/mol. The van der Waals surface area contributed by atoms with Crippen LogP contribution in [0.5, 0.6) is 0 Å². The van der Waals surface area contributed by atoms with Crippen molar-refractivity contribution in [3.05, 3.63) is 0 Å². The molecule has 0 aliphatic carbocycles. The van der Waals surface area contributed by atoms with Gasteiger partial charge in [0.1, 0.15) is 0 Å². The Bertz CT molecular complexity index is 9.51. The molecule has 0 aliphatic rings. The van der Waals surface area contributed by atoms with E-state index in [4.69, 9.17) is 0 Å². The predicted molar refractivity (Wildman–Crippen MR) is 16.4 cm³/mol. The van der Waals surface area contributed by atoms with Gasteiger partial charge in [0.25, 0.3) is 0 Å². The SMILES string of the molecule is [Cu].[Cu].[Mo].[Mo].[S-]S. The summed E-state index contributed by atoms with van der Waals surface area (Å²) in [6.45, 7) is 0. The van der Waals surface area contributed by atoms with Gasteiger partial charge in [0.05, 0.1) is 0 Å². The molecule has 0 fully saturated rings. The van der Waals surface area contributed by atoms with E-state index in [2.05, 4.69) is 23.3 Å². The Morgan fingerprint density at radius 1 is 0.833 bits per heavy atom. The quantitative estimate of drug-likeness (QED) is 0.273. The van der Waals surface area contributed by atoms with Crippen LogP contribution in [0.25, 0.3) is 0 Å². The molecule has 0 bridgehead atoms. The van der Waals surface area contributed by atoms with Crippen molar-refractivity contribution in [1.29, 1.82) is 0 Å². The standard InChI is InChI=1S/2Cu.2Mo.H2S2/c;;;;1-2/h;;;;1-2H/p-1. The summed E-state index contributed by atoms with van der Waals surface area (Å²) in [5.74, 6) is 0. The van der Waals surface area contributed by atoms with E-state index >= 15 is 0 Å². The molecule has 0 heterocycles. The van der Waals surface area contributed by atoms with E-state index in [1.165, 1.54) is 0 Å². The molecule has 0 saturated carbocycles. The molecule has 0 N–H and O–H groups in total. The van der Waals surface area contributed by atoms with Gasteiger partial charge in [-0.3, -0.25) is 0 Å². The minimum atomic E-state index is 0. The first kappa shape index (κ1) is 35.4. The molecule has 0 nitrogen and oxygen atoms in total. The summed E-state index contributed by atoms with van der Waals surface area (Å²) in [7, 11) is 0. The number of hydrogen-bond acceptors (Lipinski definition) is 2. The maximum Gasteiger partial charge on any atom is 0 e. The molecule has 6 heavy (non-hydrogen) atoms. The Labute approximate surface area is 98.1 Å². The normalized spacial score (nSPS) is 1.00. The van der Waals surface area contributed by atoms with Crippen molar-refractivity contribution in [2.24, 2.45) is 0 Å². The maximum absolute atomic E-state index is 3.78. The Hall–Kier alpha value is 3.12. The Kier molecular flexibility index (Phi) is 250. The third kappa shape index (κ3) is 27.4. The van der Waals surface area contributed by atoms with E-state index in [1.807, 2.05) is 0 Å². The molecule has 6 heteroatoms. The Balaban J connectivity index is -0.000000000833. The van der Waals surface area contributed by atoms with Crippen LogP contribution in [0.15, 0.2) is 0 Å². The average molecular weight is 384 g/mol. The largest absolute Gasteiger partial charge is 0.723 e. The fraction of sp³-hybridized carbons (Fsp3) is 0. The van der Waals surface area contributed by atoms with Crippen LogP contribution in [0.2, 0.25) is 0 Å². The van der Waals surface area contributed by atoms with Gasteiger partial charge in [-0.2, -0.15) is 0 Å². The predicted octanol–water partition coefficient (Wildman–Crippen LogP) is 0.368. The summed E-state index contributed by atoms with van der Waals surface area (Å²) in [6, 6.07) is 0. The van der Waals surface area contributed by atoms with E-state index in [0.29, 0.717) is 0 Å². The zero-order chi connectivity index (χ0) is 2.00. The first-order valence-electron chi connectivity index (χ1n) is 0.183. The molecule has 0 aromatic carbocycles. The molecule has 0 rings (SSSR count). The van der Waals surface area contributed by atoms with Crippen LogP contribution in [-0.2, 0) is 87.9 Å². The molecular formula is HCu2Mo2S2-. The molecule has 0 atom stereocenters. The van der Waals surface area contributed by atoms with Gasteiger partial charge in [-0.15, -0.1) is 0 Å². The van der Waals surface area contributed by atoms with E-state index in [9.17, 15) is 0 Å². The van der Waals surface area contributed by atoms with Gasteiger partial charge in [0, 0.05) is 76.3 Å². The minimum Gasteiger partial charge on any atom is -0.723 e. The first-order chi connectivity index (χ1) is 1.00. The van der Waals surface area contributed by atoms with E-state index in [0.717, 1.165) is 0 Å². The van der Waals surface area contributed by atoms with Crippen LogP contribution in [0, 0.1) is 0 Å². The third-order valence-corrected chi connectivity index (χ3v) is 0. The van der Waals surface area contributed by atoms with Crippen LogP contribution in [-0.4, -0.2) is 0 Å². The number of thiol groups is 1. The van der Waals surface area contributed by atoms with Crippen LogP contribution in [0.1, 0.15) is 0 Å². The van der Waals surface area contributed by atoms with Crippen molar-refractivity contribution in [1.82, 2.24) is 0 Å². The summed E-state index contributed by atoms with van der Waals surface area (Å²) in [5.41, 5.74) is 0. The van der Waals surface area contributed by atoms with Crippen molar-refractivity contribution in [2.75, 3.05) is 0 Å². The van der Waals surface area contributed by atoms with Crippen molar-refractivity contribution < 1.29 is 76.3 Å². The van der Waals surface area contributed by atoms with Gasteiger partial charge in [0.2, 0.25) is 0 Å². The zero-order valence-electron chi connectivity index (χ0n) is 2.27. The van der Waals surface area contributed by atoms with E-state index in [-0.39, 0.29) is 76.3 Å². The minimum absolute atomic E-state index is 0. The Morgan fingerprint density at radius 2 is 0.833 bits per heavy atom. The monoisotopic (exact) mass is 387 g/mol. The smallest absolute Gasteiger partial charge is 0 e. The van der Waals surface area contributed by atoms with E-state index < -0.39 is 0 Å². The first-order valence-corrected chi connectivity index (χ1v) is 1.64. The third-order valence-electron chi connectivity index (χ3n) is 0. The molecule has 0 unspecified atom stereocenters. The average Bonchev–Trinajstić information content (AvgIpc) is 1.00. The molecule has 0 spiro atoms. The van der Waals surface area contributed by atoms with Gasteiger partial charge in [-0.1, -0.05) is 0 Å². The van der Waals surface area contributed by atoms with Gasteiger partial charge < -0.3 is 23.3 Å². The molecule has 0 amide bonds. The molecule has 48 valence electrons. The van der Waals surface area contributed by atoms with Crippen LogP contribution in [0.4, 0.5) is 0 Å². The number of rotatable bonds is 0. The summed E-state index contributed by atoms with van der Waals surface area (Å²) in [5, 5.41) is 0. The number of hydrogen-bond donors (Lipinski definition) is 1. The topological polar surface area (TPSA) is 0 Å². The fourth-order valence-corrected chi connectivity index (χ4v) is 0. The van der Waals surface area contributed by atoms with Crippen LogP contribution >= 0.6 is 11.7 Å². The summed E-state index contributed by atoms with van der Waals surface area (Å²) < 4.78 is 0. The summed E-state index contributed by atoms with van der Waals surface area (Å²) in [6.07, 6.45) is 0. The van der Waals surface area contributed by atoms with Crippen LogP contribution < -0.4 is 0 Å². The van der Waals surface area contributed by atoms with Crippen molar-refractivity contribution >= 4 is 23.3 Å². The zero-order valence-corrected chi connectivity index (χ0v) is 9.88. The second-order valence-corrected chi connectivity index (χ2v) is 0. The molecule has 0 aromatic rings.